The fraction of sp³-hybridized carbons (Fsp3) is 0.632. The normalized spacial score (nSPS) is 18.9. The number of thioether (sulfide) groups is 1. The third-order valence-electron chi connectivity index (χ3n) is 4.97. The first-order chi connectivity index (χ1) is 13.1. The molecule has 0 aliphatic carbocycles. The molecular formula is C19H27N3O3S3. The molecule has 1 saturated heterocycles. The molecule has 1 amide bonds. The van der Waals surface area contributed by atoms with E-state index in [2.05, 4.69) is 23.8 Å². The number of aromatic nitrogens is 2. The van der Waals surface area contributed by atoms with E-state index in [0.29, 0.717) is 18.8 Å². The lowest BCUT2D eigenvalue weighted by molar-refractivity contribution is -0.130. The van der Waals surface area contributed by atoms with E-state index in [0.717, 1.165) is 20.8 Å². The van der Waals surface area contributed by atoms with Gasteiger partial charge in [0.15, 0.2) is 9.84 Å². The van der Waals surface area contributed by atoms with Gasteiger partial charge in [-0.15, -0.1) is 11.3 Å². The van der Waals surface area contributed by atoms with Crippen molar-refractivity contribution in [2.45, 2.75) is 52.1 Å². The van der Waals surface area contributed by atoms with Gasteiger partial charge in [0.1, 0.15) is 15.7 Å². The molecule has 3 heterocycles. The van der Waals surface area contributed by atoms with Gasteiger partial charge in [-0.25, -0.2) is 18.4 Å². The van der Waals surface area contributed by atoms with Gasteiger partial charge in [-0.05, 0) is 38.7 Å². The van der Waals surface area contributed by atoms with Crippen molar-refractivity contribution >= 4 is 49.1 Å². The number of carbonyl (C=O) groups is 1. The Balaban J connectivity index is 1.80. The van der Waals surface area contributed by atoms with Crippen molar-refractivity contribution in [2.75, 3.05) is 23.8 Å². The molecule has 0 N–H and O–H groups in total. The number of fused-ring (bicyclic) bond motifs is 1. The van der Waals surface area contributed by atoms with Crippen molar-refractivity contribution in [3.8, 4) is 0 Å². The van der Waals surface area contributed by atoms with Crippen LogP contribution in [-0.4, -0.2) is 59.0 Å². The Morgan fingerprint density at radius 3 is 2.61 bits per heavy atom. The summed E-state index contributed by atoms with van der Waals surface area (Å²) in [7, 11) is -3.03. The van der Waals surface area contributed by atoms with Crippen LogP contribution in [0.3, 0.4) is 0 Å². The Bertz CT molecular complexity index is 999. The van der Waals surface area contributed by atoms with Crippen LogP contribution in [-0.2, 0) is 14.6 Å². The zero-order valence-electron chi connectivity index (χ0n) is 17.0. The maximum Gasteiger partial charge on any atom is 0.233 e. The maximum atomic E-state index is 13.0. The number of rotatable bonds is 6. The molecule has 3 rings (SSSR count). The fourth-order valence-electron chi connectivity index (χ4n) is 3.50. The number of nitrogens with zero attached hydrogens (tertiary/aromatic N) is 3. The number of amides is 1. The summed E-state index contributed by atoms with van der Waals surface area (Å²) in [5.74, 6) is 1.47. The number of aryl methyl sites for hydroxylation is 3. The summed E-state index contributed by atoms with van der Waals surface area (Å²) in [6.07, 6.45) is 0.533. The Kier molecular flexibility index (Phi) is 6.36. The number of hydrogen-bond acceptors (Lipinski definition) is 7. The average molecular weight is 442 g/mol. The summed E-state index contributed by atoms with van der Waals surface area (Å²) in [5.41, 5.74) is 1.16. The van der Waals surface area contributed by atoms with Gasteiger partial charge < -0.3 is 4.90 Å². The fourth-order valence-corrected chi connectivity index (χ4v) is 7.39. The molecule has 0 saturated carbocycles. The first-order valence-electron chi connectivity index (χ1n) is 9.44. The minimum Gasteiger partial charge on any atom is -0.338 e. The predicted octanol–water partition coefficient (Wildman–Crippen LogP) is 3.38. The minimum atomic E-state index is -3.03. The highest BCUT2D eigenvalue weighted by molar-refractivity contribution is 8.00. The zero-order valence-corrected chi connectivity index (χ0v) is 19.4. The van der Waals surface area contributed by atoms with Crippen molar-refractivity contribution in [1.82, 2.24) is 14.9 Å². The Labute approximate surface area is 175 Å². The Hall–Kier alpha value is -1.19. The standard InChI is InChI=1S/C19H27N3O3S3/c1-11(2)8-22(15-6-7-28(24,25)10-15)16(23)9-26-18-17-12(3)13(4)27-19(17)21-14(5)20-18/h11,15H,6-10H2,1-5H3/t15-/m1/s1. The molecule has 6 nitrogen and oxygen atoms in total. The van der Waals surface area contributed by atoms with Gasteiger partial charge in [0.2, 0.25) is 5.91 Å². The molecule has 0 radical (unpaired) electrons. The second-order valence-electron chi connectivity index (χ2n) is 7.82. The SMILES string of the molecule is Cc1nc(SCC(=O)N(CC(C)C)[C@@H]2CCS(=O)(=O)C2)c2c(C)c(C)sc2n1. The Morgan fingerprint density at radius 1 is 1.29 bits per heavy atom. The van der Waals surface area contributed by atoms with Crippen LogP contribution in [0.15, 0.2) is 5.03 Å². The molecule has 0 spiro atoms. The quantitative estimate of drug-likeness (QED) is 0.505. The van der Waals surface area contributed by atoms with Crippen LogP contribution in [0, 0.1) is 26.7 Å². The number of hydrogen-bond donors (Lipinski definition) is 0. The van der Waals surface area contributed by atoms with Crippen LogP contribution < -0.4 is 0 Å². The molecule has 2 aromatic rings. The van der Waals surface area contributed by atoms with E-state index >= 15 is 0 Å². The molecule has 154 valence electrons. The Morgan fingerprint density at radius 2 is 2.00 bits per heavy atom. The third-order valence-corrected chi connectivity index (χ3v) is 8.78. The first-order valence-corrected chi connectivity index (χ1v) is 13.1. The number of carbonyl (C=O) groups excluding carboxylic acids is 1. The van der Waals surface area contributed by atoms with E-state index in [-0.39, 0.29) is 35.1 Å². The summed E-state index contributed by atoms with van der Waals surface area (Å²) < 4.78 is 23.8. The van der Waals surface area contributed by atoms with E-state index in [1.807, 2.05) is 20.8 Å². The number of sulfone groups is 1. The molecular weight excluding hydrogens is 414 g/mol. The molecule has 1 aliphatic heterocycles. The minimum absolute atomic E-state index is 0.0187. The van der Waals surface area contributed by atoms with Crippen LogP contribution in [0.5, 0.6) is 0 Å². The van der Waals surface area contributed by atoms with E-state index < -0.39 is 9.84 Å². The molecule has 0 bridgehead atoms. The summed E-state index contributed by atoms with van der Waals surface area (Å²) in [6.45, 7) is 10.7. The van der Waals surface area contributed by atoms with Gasteiger partial charge in [-0.3, -0.25) is 4.79 Å². The summed E-state index contributed by atoms with van der Waals surface area (Å²) in [4.78, 5) is 26.1. The average Bonchev–Trinajstić information content (AvgIpc) is 3.09. The molecule has 0 unspecified atom stereocenters. The lowest BCUT2D eigenvalue weighted by Crippen LogP contribution is -2.44. The number of thiophene rings is 1. The lowest BCUT2D eigenvalue weighted by atomic mass is 10.1. The second-order valence-corrected chi connectivity index (χ2v) is 12.2. The van der Waals surface area contributed by atoms with E-state index in [4.69, 9.17) is 0 Å². The molecule has 0 aromatic carbocycles. The summed E-state index contributed by atoms with van der Waals surface area (Å²) in [6, 6.07) is -0.210. The molecule has 1 fully saturated rings. The monoisotopic (exact) mass is 441 g/mol. The van der Waals surface area contributed by atoms with E-state index in [1.165, 1.54) is 16.6 Å². The summed E-state index contributed by atoms with van der Waals surface area (Å²) >= 11 is 3.08. The second kappa shape index (κ2) is 8.28. The largest absolute Gasteiger partial charge is 0.338 e. The van der Waals surface area contributed by atoms with Crippen LogP contribution in [0.4, 0.5) is 0 Å². The molecule has 9 heteroatoms. The van der Waals surface area contributed by atoms with Crippen molar-refractivity contribution in [3.63, 3.8) is 0 Å². The molecule has 1 atom stereocenters. The predicted molar refractivity (Wildman–Crippen MR) is 116 cm³/mol. The maximum absolute atomic E-state index is 13.0. The molecule has 2 aromatic heterocycles. The van der Waals surface area contributed by atoms with Gasteiger partial charge in [-0.1, -0.05) is 25.6 Å². The van der Waals surface area contributed by atoms with Crippen molar-refractivity contribution in [3.05, 3.63) is 16.3 Å². The van der Waals surface area contributed by atoms with Gasteiger partial charge in [0.25, 0.3) is 0 Å². The van der Waals surface area contributed by atoms with Crippen molar-refractivity contribution in [2.24, 2.45) is 5.92 Å². The molecule has 28 heavy (non-hydrogen) atoms. The van der Waals surface area contributed by atoms with Gasteiger partial charge >= 0.3 is 0 Å². The van der Waals surface area contributed by atoms with Gasteiger partial charge in [0, 0.05) is 22.8 Å². The van der Waals surface area contributed by atoms with Crippen LogP contribution in [0.2, 0.25) is 0 Å². The van der Waals surface area contributed by atoms with Gasteiger partial charge in [0.05, 0.1) is 17.3 Å². The first kappa shape index (κ1) is 21.5. The lowest BCUT2D eigenvalue weighted by Gasteiger charge is -2.30. The van der Waals surface area contributed by atoms with E-state index in [1.54, 1.807) is 16.2 Å². The van der Waals surface area contributed by atoms with Crippen molar-refractivity contribution in [1.29, 1.82) is 0 Å². The van der Waals surface area contributed by atoms with Crippen molar-refractivity contribution < 1.29 is 13.2 Å². The van der Waals surface area contributed by atoms with E-state index in [9.17, 15) is 13.2 Å². The van der Waals surface area contributed by atoms with Gasteiger partial charge in [-0.2, -0.15) is 0 Å². The highest BCUT2D eigenvalue weighted by Crippen LogP contribution is 2.35. The van der Waals surface area contributed by atoms with Crippen LogP contribution in [0.25, 0.3) is 10.2 Å². The van der Waals surface area contributed by atoms with Crippen LogP contribution in [0.1, 0.15) is 36.5 Å². The summed E-state index contributed by atoms with van der Waals surface area (Å²) in [5, 5.41) is 1.87. The zero-order chi connectivity index (χ0) is 20.6. The topological polar surface area (TPSA) is 80.2 Å². The third kappa shape index (κ3) is 4.68. The smallest absolute Gasteiger partial charge is 0.233 e. The highest BCUT2D eigenvalue weighted by Gasteiger charge is 2.34. The highest BCUT2D eigenvalue weighted by atomic mass is 32.2. The van der Waals surface area contributed by atoms with Crippen LogP contribution >= 0.6 is 23.1 Å². The molecule has 1 aliphatic rings.